The van der Waals surface area contributed by atoms with E-state index in [-0.39, 0.29) is 0 Å². The second kappa shape index (κ2) is 2.99. The first-order chi connectivity index (χ1) is 4.83. The van der Waals surface area contributed by atoms with E-state index in [2.05, 4.69) is 15.9 Å². The molecule has 0 radical (unpaired) electrons. The van der Waals surface area contributed by atoms with Gasteiger partial charge in [0, 0.05) is 17.7 Å². The van der Waals surface area contributed by atoms with Crippen LogP contribution < -0.4 is 0 Å². The Morgan fingerprint density at radius 2 is 2.40 bits per heavy atom. The topological polar surface area (TPSA) is 34.0 Å². The van der Waals surface area contributed by atoms with Gasteiger partial charge in [0.2, 0.25) is 5.88 Å². The van der Waals surface area contributed by atoms with E-state index < -0.39 is 0 Å². The first-order valence-electron chi connectivity index (χ1n) is 2.91. The van der Waals surface area contributed by atoms with Gasteiger partial charge < -0.3 is 4.74 Å². The van der Waals surface area contributed by atoms with E-state index in [1.54, 1.807) is 13.2 Å². The van der Waals surface area contributed by atoms with Gasteiger partial charge in [-0.2, -0.15) is 4.99 Å². The van der Waals surface area contributed by atoms with Gasteiger partial charge in [-0.1, -0.05) is 0 Å². The van der Waals surface area contributed by atoms with Crippen molar-refractivity contribution in [2.75, 3.05) is 7.11 Å². The Labute approximate surface area is 59.4 Å². The van der Waals surface area contributed by atoms with E-state index in [9.17, 15) is 0 Å². The number of ether oxygens (including phenoxy) is 1. The number of allylic oxidation sites excluding steroid dienone is 1. The minimum absolute atomic E-state index is 0.537. The molecule has 1 rings (SSSR count). The van der Waals surface area contributed by atoms with Gasteiger partial charge in [0.25, 0.3) is 0 Å². The van der Waals surface area contributed by atoms with Crippen LogP contribution in [-0.4, -0.2) is 18.7 Å². The van der Waals surface area contributed by atoms with Gasteiger partial charge in [-0.05, 0) is 6.92 Å². The molecule has 0 aromatic carbocycles. The third-order valence-electron chi connectivity index (χ3n) is 1.04. The largest absolute Gasteiger partial charge is 0.480 e. The van der Waals surface area contributed by atoms with Gasteiger partial charge in [-0.25, -0.2) is 0 Å². The monoisotopic (exact) mass is 136 g/mol. The quantitative estimate of drug-likeness (QED) is 0.532. The van der Waals surface area contributed by atoms with Crippen LogP contribution in [0.5, 0.6) is 0 Å². The standard InChI is InChI=1S/C7H8N2O/c1-6-5-7(10-2)9-4-3-8-6/h3,5H,1-2H3. The molecule has 1 aliphatic rings. The Bertz CT molecular complexity index is 244. The highest BCUT2D eigenvalue weighted by Gasteiger charge is 1.93. The van der Waals surface area contributed by atoms with E-state index in [4.69, 9.17) is 4.74 Å². The first kappa shape index (κ1) is 6.78. The van der Waals surface area contributed by atoms with Crippen molar-refractivity contribution < 1.29 is 4.74 Å². The van der Waals surface area contributed by atoms with Crippen molar-refractivity contribution in [3.8, 4) is 0 Å². The van der Waals surface area contributed by atoms with Gasteiger partial charge in [-0.3, -0.25) is 4.99 Å². The number of aliphatic imine (C=N–C) groups is 2. The van der Waals surface area contributed by atoms with Crippen LogP contribution in [-0.2, 0) is 4.74 Å². The fourth-order valence-corrected chi connectivity index (χ4v) is 0.576. The summed E-state index contributed by atoms with van der Waals surface area (Å²) in [5, 5.41) is 0. The zero-order chi connectivity index (χ0) is 7.40. The lowest BCUT2D eigenvalue weighted by atomic mass is 10.4. The number of hydrogen-bond acceptors (Lipinski definition) is 3. The molecule has 0 aromatic rings. The van der Waals surface area contributed by atoms with Crippen LogP contribution in [0, 0.1) is 0 Å². The number of rotatable bonds is 1. The first-order valence-corrected chi connectivity index (χ1v) is 2.91. The lowest BCUT2D eigenvalue weighted by molar-refractivity contribution is 0.290. The van der Waals surface area contributed by atoms with Crippen molar-refractivity contribution in [3.63, 3.8) is 0 Å². The van der Waals surface area contributed by atoms with E-state index >= 15 is 0 Å². The van der Waals surface area contributed by atoms with Gasteiger partial charge in [0.1, 0.15) is 0 Å². The molecule has 52 valence electrons. The second-order valence-electron chi connectivity index (χ2n) is 1.83. The zero-order valence-electron chi connectivity index (χ0n) is 5.96. The highest BCUT2D eigenvalue weighted by Crippen LogP contribution is 1.98. The second-order valence-corrected chi connectivity index (χ2v) is 1.83. The Balaban J connectivity index is 2.93. The predicted octanol–water partition coefficient (Wildman–Crippen LogP) is 1.13. The van der Waals surface area contributed by atoms with Gasteiger partial charge >= 0.3 is 0 Å². The lowest BCUT2D eigenvalue weighted by Crippen LogP contribution is -1.87. The minimum Gasteiger partial charge on any atom is -0.480 e. The molecule has 3 nitrogen and oxygen atoms in total. The number of nitrogens with zero attached hydrogens (tertiary/aromatic N) is 2. The Morgan fingerprint density at radius 1 is 1.60 bits per heavy atom. The summed E-state index contributed by atoms with van der Waals surface area (Å²) in [5.41, 5.74) is 0.866. The summed E-state index contributed by atoms with van der Waals surface area (Å²) in [6, 6.07) is 0. The summed E-state index contributed by atoms with van der Waals surface area (Å²) in [5.74, 6) is 3.13. The molecule has 0 amide bonds. The predicted molar refractivity (Wildman–Crippen MR) is 40.2 cm³/mol. The summed E-state index contributed by atoms with van der Waals surface area (Å²) >= 11 is 0. The van der Waals surface area contributed by atoms with Crippen LogP contribution in [0.2, 0.25) is 0 Å². The van der Waals surface area contributed by atoms with Crippen molar-refractivity contribution in [2.45, 2.75) is 6.92 Å². The molecule has 0 bridgehead atoms. The summed E-state index contributed by atoms with van der Waals surface area (Å²) in [7, 11) is 1.57. The van der Waals surface area contributed by atoms with Crippen LogP contribution in [0.3, 0.4) is 0 Å². The van der Waals surface area contributed by atoms with Gasteiger partial charge in [-0.15, -0.1) is 0 Å². The molecule has 0 aromatic heterocycles. The number of hydrogen-bond donors (Lipinski definition) is 0. The molecular weight excluding hydrogens is 128 g/mol. The molecule has 0 aliphatic carbocycles. The highest BCUT2D eigenvalue weighted by molar-refractivity contribution is 5.94. The lowest BCUT2D eigenvalue weighted by Gasteiger charge is -1.94. The van der Waals surface area contributed by atoms with Crippen LogP contribution >= 0.6 is 0 Å². The van der Waals surface area contributed by atoms with Crippen LogP contribution in [0.4, 0.5) is 0 Å². The SMILES string of the molecule is COC1=CC(C)=NC=C=N1. The molecule has 3 heteroatoms. The third-order valence-corrected chi connectivity index (χ3v) is 1.04. The normalized spacial score (nSPS) is 15.8. The van der Waals surface area contributed by atoms with Gasteiger partial charge in [0.05, 0.1) is 13.3 Å². The number of methoxy groups -OCH3 is 1. The molecule has 0 unspecified atom stereocenters. The fourth-order valence-electron chi connectivity index (χ4n) is 0.576. The molecule has 0 atom stereocenters. The molecule has 0 saturated carbocycles. The summed E-state index contributed by atoms with van der Waals surface area (Å²) in [6.07, 6.45) is 3.26. The van der Waals surface area contributed by atoms with Crippen molar-refractivity contribution >= 4 is 11.6 Å². The van der Waals surface area contributed by atoms with Crippen LogP contribution in [0.1, 0.15) is 6.92 Å². The summed E-state index contributed by atoms with van der Waals surface area (Å²) < 4.78 is 4.87. The van der Waals surface area contributed by atoms with E-state index in [0.29, 0.717) is 5.88 Å². The summed E-state index contributed by atoms with van der Waals surface area (Å²) in [4.78, 5) is 7.76. The maximum atomic E-state index is 4.87. The molecule has 10 heavy (non-hydrogen) atoms. The summed E-state index contributed by atoms with van der Waals surface area (Å²) in [6.45, 7) is 1.87. The average molecular weight is 136 g/mol. The maximum Gasteiger partial charge on any atom is 0.223 e. The van der Waals surface area contributed by atoms with Crippen LogP contribution in [0.15, 0.2) is 28.1 Å². The highest BCUT2D eigenvalue weighted by atomic mass is 16.5. The average Bonchev–Trinajstić information content (AvgIpc) is 2.13. The maximum absolute atomic E-state index is 4.87. The molecular formula is C7H8N2O. The molecule has 0 spiro atoms. The Kier molecular flexibility index (Phi) is 2.03. The van der Waals surface area contributed by atoms with Crippen molar-refractivity contribution in [1.29, 1.82) is 0 Å². The minimum atomic E-state index is 0.537. The van der Waals surface area contributed by atoms with Gasteiger partial charge in [0.15, 0.2) is 0 Å². The van der Waals surface area contributed by atoms with Crippen molar-refractivity contribution in [2.24, 2.45) is 9.98 Å². The molecule has 1 heterocycles. The Hall–Kier alpha value is -1.34. The molecule has 0 N–H and O–H groups in total. The zero-order valence-corrected chi connectivity index (χ0v) is 5.96. The smallest absolute Gasteiger partial charge is 0.223 e. The van der Waals surface area contributed by atoms with E-state index in [1.807, 2.05) is 6.92 Å². The Morgan fingerprint density at radius 3 is 3.10 bits per heavy atom. The molecule has 0 fully saturated rings. The van der Waals surface area contributed by atoms with E-state index in [1.165, 1.54) is 6.20 Å². The molecule has 0 saturated heterocycles. The molecule has 1 aliphatic heterocycles. The van der Waals surface area contributed by atoms with E-state index in [0.717, 1.165) is 5.71 Å². The van der Waals surface area contributed by atoms with Crippen molar-refractivity contribution in [1.82, 2.24) is 0 Å². The fraction of sp³-hybridized carbons (Fsp3) is 0.286. The third kappa shape index (κ3) is 1.57. The van der Waals surface area contributed by atoms with Crippen LogP contribution in [0.25, 0.3) is 0 Å². The van der Waals surface area contributed by atoms with Crippen molar-refractivity contribution in [3.05, 3.63) is 18.2 Å².